The van der Waals surface area contributed by atoms with E-state index in [4.69, 9.17) is 5.21 Å². The van der Waals surface area contributed by atoms with Crippen molar-refractivity contribution in [3.8, 4) is 10.6 Å². The average Bonchev–Trinajstić information content (AvgIpc) is 2.84. The fraction of sp³-hybridized carbons (Fsp3) is 0.111. The van der Waals surface area contributed by atoms with E-state index >= 15 is 0 Å². The molecule has 4 nitrogen and oxygen atoms in total. The molecule has 0 aliphatic carbocycles. The van der Waals surface area contributed by atoms with Gasteiger partial charge in [-0.05, 0) is 18.6 Å². The van der Waals surface area contributed by atoms with Crippen LogP contribution in [-0.2, 0) is 0 Å². The van der Waals surface area contributed by atoms with Gasteiger partial charge in [0.25, 0.3) is 5.91 Å². The van der Waals surface area contributed by atoms with Gasteiger partial charge in [-0.3, -0.25) is 10.0 Å². The van der Waals surface area contributed by atoms with E-state index in [1.165, 1.54) is 22.7 Å². The van der Waals surface area contributed by atoms with Gasteiger partial charge >= 0.3 is 0 Å². The summed E-state index contributed by atoms with van der Waals surface area (Å²) in [6.07, 6.45) is 0. The molecule has 0 radical (unpaired) electrons. The van der Waals surface area contributed by atoms with E-state index in [-0.39, 0.29) is 0 Å². The third-order valence-corrected chi connectivity index (χ3v) is 3.75. The Morgan fingerprint density at radius 2 is 2.40 bits per heavy atom. The Bertz CT molecular complexity index is 476. The lowest BCUT2D eigenvalue weighted by Gasteiger charge is -1.91. The van der Waals surface area contributed by atoms with Crippen LogP contribution in [0.25, 0.3) is 10.6 Å². The molecule has 0 atom stereocenters. The molecule has 0 unspecified atom stereocenters. The van der Waals surface area contributed by atoms with Crippen molar-refractivity contribution in [2.24, 2.45) is 0 Å². The van der Waals surface area contributed by atoms with Gasteiger partial charge in [0.15, 0.2) is 0 Å². The summed E-state index contributed by atoms with van der Waals surface area (Å²) in [6, 6.07) is 1.74. The van der Waals surface area contributed by atoms with Gasteiger partial charge in [-0.1, -0.05) is 0 Å². The molecule has 78 valence electrons. The van der Waals surface area contributed by atoms with Gasteiger partial charge in [0.2, 0.25) is 0 Å². The molecule has 2 aromatic rings. The van der Waals surface area contributed by atoms with E-state index in [2.05, 4.69) is 4.98 Å². The van der Waals surface area contributed by atoms with Gasteiger partial charge in [-0.25, -0.2) is 10.5 Å². The van der Waals surface area contributed by atoms with E-state index < -0.39 is 5.91 Å². The van der Waals surface area contributed by atoms with Crippen molar-refractivity contribution in [2.45, 2.75) is 6.92 Å². The molecular weight excluding hydrogens is 232 g/mol. The highest BCUT2D eigenvalue weighted by atomic mass is 32.1. The van der Waals surface area contributed by atoms with Crippen LogP contribution >= 0.6 is 22.7 Å². The molecule has 6 heteroatoms. The summed E-state index contributed by atoms with van der Waals surface area (Å²) in [5.41, 5.74) is 5.24. The van der Waals surface area contributed by atoms with Crippen LogP contribution in [-0.4, -0.2) is 16.1 Å². The van der Waals surface area contributed by atoms with Crippen LogP contribution in [0.3, 0.4) is 0 Å². The monoisotopic (exact) mass is 240 g/mol. The van der Waals surface area contributed by atoms with E-state index in [0.717, 1.165) is 16.1 Å². The summed E-state index contributed by atoms with van der Waals surface area (Å²) >= 11 is 2.83. The maximum Gasteiger partial charge on any atom is 0.284 e. The Morgan fingerprint density at radius 3 is 3.00 bits per heavy atom. The molecule has 2 rings (SSSR count). The van der Waals surface area contributed by atoms with Gasteiger partial charge in [0.1, 0.15) is 0 Å². The number of carbonyl (C=O) groups excluding carboxylic acids is 1. The van der Waals surface area contributed by atoms with Crippen LogP contribution in [0.15, 0.2) is 17.0 Å². The highest BCUT2D eigenvalue weighted by Crippen LogP contribution is 2.31. The van der Waals surface area contributed by atoms with Crippen LogP contribution in [0, 0.1) is 6.92 Å². The van der Waals surface area contributed by atoms with Crippen LogP contribution < -0.4 is 5.48 Å². The lowest BCUT2D eigenvalue weighted by molar-refractivity contribution is 0.0711. The van der Waals surface area contributed by atoms with Gasteiger partial charge in [-0.15, -0.1) is 22.7 Å². The van der Waals surface area contributed by atoms with Crippen LogP contribution in [0.5, 0.6) is 0 Å². The second-order valence-corrected chi connectivity index (χ2v) is 4.71. The molecule has 0 saturated carbocycles. The molecule has 0 spiro atoms. The summed E-state index contributed by atoms with van der Waals surface area (Å²) in [5, 5.41) is 10.4. The van der Waals surface area contributed by atoms with E-state index in [9.17, 15) is 4.79 Å². The molecular formula is C9H8N2O2S2. The highest BCUT2D eigenvalue weighted by molar-refractivity contribution is 7.18. The second-order valence-electron chi connectivity index (χ2n) is 2.94. The molecule has 0 saturated heterocycles. The minimum atomic E-state index is -0.482. The number of thiophene rings is 1. The summed E-state index contributed by atoms with van der Waals surface area (Å²) < 4.78 is 0. The lowest BCUT2D eigenvalue weighted by atomic mass is 10.2. The number of thiazole rings is 1. The maximum absolute atomic E-state index is 11.2. The molecule has 2 N–H and O–H groups in total. The summed E-state index contributed by atoms with van der Waals surface area (Å²) in [6.45, 7) is 1.92. The maximum atomic E-state index is 11.2. The van der Waals surface area contributed by atoms with Gasteiger partial charge in [0.05, 0.1) is 21.0 Å². The minimum Gasteiger partial charge on any atom is -0.288 e. The molecule has 15 heavy (non-hydrogen) atoms. The third kappa shape index (κ3) is 1.92. The van der Waals surface area contributed by atoms with Crippen LogP contribution in [0.4, 0.5) is 0 Å². The summed E-state index contributed by atoms with van der Waals surface area (Å²) in [7, 11) is 0. The second kappa shape index (κ2) is 4.09. The van der Waals surface area contributed by atoms with E-state index in [1.54, 1.807) is 17.1 Å². The zero-order valence-electron chi connectivity index (χ0n) is 7.85. The van der Waals surface area contributed by atoms with Crippen molar-refractivity contribution >= 4 is 28.6 Å². The first kappa shape index (κ1) is 10.3. The fourth-order valence-electron chi connectivity index (χ4n) is 1.23. The van der Waals surface area contributed by atoms with E-state index in [0.29, 0.717) is 4.88 Å². The van der Waals surface area contributed by atoms with Crippen molar-refractivity contribution in [1.82, 2.24) is 10.5 Å². The van der Waals surface area contributed by atoms with Crippen molar-refractivity contribution in [3.63, 3.8) is 0 Å². The highest BCUT2D eigenvalue weighted by Gasteiger charge is 2.13. The Hall–Kier alpha value is -1.24. The zero-order chi connectivity index (χ0) is 10.8. The molecule has 2 heterocycles. The van der Waals surface area contributed by atoms with Crippen molar-refractivity contribution in [1.29, 1.82) is 0 Å². The van der Waals surface area contributed by atoms with Crippen molar-refractivity contribution in [3.05, 3.63) is 27.4 Å². The molecule has 2 aromatic heterocycles. The number of amides is 1. The Morgan fingerprint density at radius 1 is 1.60 bits per heavy atom. The van der Waals surface area contributed by atoms with Crippen LogP contribution in [0.2, 0.25) is 0 Å². The first-order chi connectivity index (χ1) is 7.22. The first-order valence-corrected chi connectivity index (χ1v) is 5.91. The predicted molar refractivity (Wildman–Crippen MR) is 59.4 cm³/mol. The quantitative estimate of drug-likeness (QED) is 0.625. The average molecular weight is 240 g/mol. The summed E-state index contributed by atoms with van der Waals surface area (Å²) in [5.74, 6) is -0.482. The number of aryl methyl sites for hydroxylation is 1. The Labute approximate surface area is 94.2 Å². The Kier molecular flexibility index (Phi) is 2.81. The molecule has 0 aliphatic heterocycles. The van der Waals surface area contributed by atoms with Crippen molar-refractivity contribution in [2.75, 3.05) is 0 Å². The molecule has 0 bridgehead atoms. The molecule has 0 aromatic carbocycles. The predicted octanol–water partition coefficient (Wildman–Crippen LogP) is 2.30. The zero-order valence-corrected chi connectivity index (χ0v) is 9.48. The number of hydrogen-bond acceptors (Lipinski definition) is 5. The topological polar surface area (TPSA) is 62.2 Å². The van der Waals surface area contributed by atoms with Gasteiger partial charge in [-0.2, -0.15) is 0 Å². The Balaban J connectivity index is 2.42. The first-order valence-electron chi connectivity index (χ1n) is 4.16. The normalized spacial score (nSPS) is 10.3. The number of hydroxylamine groups is 1. The fourth-order valence-corrected chi connectivity index (χ4v) is 2.88. The standard InChI is InChI=1S/C9H8N2O2S2/c1-5-2-7(9(12)11-13)15-8(5)6-3-14-4-10-6/h2-4,13H,1H3,(H,11,12). The van der Waals surface area contributed by atoms with Gasteiger partial charge < -0.3 is 0 Å². The number of carbonyl (C=O) groups is 1. The number of rotatable bonds is 2. The lowest BCUT2D eigenvalue weighted by Crippen LogP contribution is -2.16. The minimum absolute atomic E-state index is 0.482. The SMILES string of the molecule is Cc1cc(C(=O)NO)sc1-c1cscn1. The summed E-state index contributed by atoms with van der Waals surface area (Å²) in [4.78, 5) is 16.8. The van der Waals surface area contributed by atoms with E-state index in [1.807, 2.05) is 12.3 Å². The molecule has 0 fully saturated rings. The number of aromatic nitrogens is 1. The smallest absolute Gasteiger partial charge is 0.284 e. The number of hydrogen-bond donors (Lipinski definition) is 2. The van der Waals surface area contributed by atoms with Crippen LogP contribution in [0.1, 0.15) is 15.2 Å². The molecule has 0 aliphatic rings. The molecule has 1 amide bonds. The number of nitrogens with zero attached hydrogens (tertiary/aromatic N) is 1. The van der Waals surface area contributed by atoms with Gasteiger partial charge in [0, 0.05) is 5.38 Å². The third-order valence-electron chi connectivity index (χ3n) is 1.91. The van der Waals surface area contributed by atoms with Crippen molar-refractivity contribution < 1.29 is 10.0 Å². The number of nitrogens with one attached hydrogen (secondary N) is 1. The largest absolute Gasteiger partial charge is 0.288 e.